The molecule has 170 valence electrons. The fourth-order valence-corrected chi connectivity index (χ4v) is 4.67. The summed E-state index contributed by atoms with van der Waals surface area (Å²) >= 11 is 0. The average molecular weight is 433 g/mol. The SMILES string of the molecule is CC(=O)OCC(=O)N[C@H]1CC[C@H](CCN2CCC(C(=O)c3ccc(F)cc3)CC2)CC1. The fraction of sp³-hybridized carbons (Fsp3) is 0.625. The molecule has 0 spiro atoms. The van der Waals surface area contributed by atoms with E-state index in [-0.39, 0.29) is 36.1 Å². The van der Waals surface area contributed by atoms with Gasteiger partial charge in [-0.25, -0.2) is 4.39 Å². The third kappa shape index (κ3) is 7.42. The maximum absolute atomic E-state index is 13.1. The van der Waals surface area contributed by atoms with Gasteiger partial charge in [0.25, 0.3) is 5.91 Å². The van der Waals surface area contributed by atoms with Gasteiger partial charge in [0, 0.05) is 24.4 Å². The summed E-state index contributed by atoms with van der Waals surface area (Å²) in [7, 11) is 0. The van der Waals surface area contributed by atoms with Gasteiger partial charge in [0.05, 0.1) is 0 Å². The molecule has 0 bridgehead atoms. The number of rotatable bonds is 8. The third-order valence-corrected chi connectivity index (χ3v) is 6.56. The Hall–Kier alpha value is -2.28. The van der Waals surface area contributed by atoms with Crippen LogP contribution in [-0.2, 0) is 14.3 Å². The summed E-state index contributed by atoms with van der Waals surface area (Å²) in [5.74, 6) is -0.147. The van der Waals surface area contributed by atoms with Crippen LogP contribution in [0, 0.1) is 17.7 Å². The Bertz CT molecular complexity index is 751. The average Bonchev–Trinajstić information content (AvgIpc) is 2.78. The van der Waals surface area contributed by atoms with Crippen molar-refractivity contribution in [1.29, 1.82) is 0 Å². The molecular formula is C24H33FN2O4. The Labute approximate surface area is 183 Å². The Kier molecular flexibility index (Phi) is 8.58. The van der Waals surface area contributed by atoms with Crippen molar-refractivity contribution in [1.82, 2.24) is 10.2 Å². The number of ketones is 1. The summed E-state index contributed by atoms with van der Waals surface area (Å²) in [5.41, 5.74) is 0.608. The molecule has 7 heteroatoms. The van der Waals surface area contributed by atoms with E-state index >= 15 is 0 Å². The standard InChI is InChI=1S/C24H33FN2O4/c1-17(28)31-16-23(29)26-22-8-2-18(3-9-22)10-13-27-14-11-20(12-15-27)24(30)19-4-6-21(25)7-5-19/h4-7,18,20,22H,2-3,8-16H2,1H3,(H,26,29)/t18-,22-. The van der Waals surface area contributed by atoms with Crippen molar-refractivity contribution >= 4 is 17.7 Å². The molecule has 1 aliphatic heterocycles. The first-order valence-electron chi connectivity index (χ1n) is 11.4. The zero-order chi connectivity index (χ0) is 22.2. The largest absolute Gasteiger partial charge is 0.456 e. The minimum absolute atomic E-state index is 0.0349. The molecular weight excluding hydrogens is 399 g/mol. The lowest BCUT2D eigenvalue weighted by Gasteiger charge is -2.34. The number of hydrogen-bond acceptors (Lipinski definition) is 5. The van der Waals surface area contributed by atoms with Crippen molar-refractivity contribution in [2.24, 2.45) is 11.8 Å². The van der Waals surface area contributed by atoms with Crippen LogP contribution in [0.25, 0.3) is 0 Å². The van der Waals surface area contributed by atoms with E-state index in [0.29, 0.717) is 11.5 Å². The molecule has 3 rings (SSSR count). The zero-order valence-corrected chi connectivity index (χ0v) is 18.3. The number of halogens is 1. The van der Waals surface area contributed by atoms with Crippen LogP contribution in [0.15, 0.2) is 24.3 Å². The second kappa shape index (κ2) is 11.4. The van der Waals surface area contributed by atoms with Crippen LogP contribution in [0.1, 0.15) is 62.2 Å². The van der Waals surface area contributed by atoms with Crippen LogP contribution in [0.2, 0.25) is 0 Å². The molecule has 1 N–H and O–H groups in total. The van der Waals surface area contributed by atoms with Crippen LogP contribution in [-0.4, -0.2) is 54.8 Å². The first-order chi connectivity index (χ1) is 14.9. The van der Waals surface area contributed by atoms with Gasteiger partial charge in [-0.05, 0) is 94.8 Å². The van der Waals surface area contributed by atoms with Crippen molar-refractivity contribution in [3.63, 3.8) is 0 Å². The number of carbonyl (C=O) groups is 3. The monoisotopic (exact) mass is 432 g/mol. The molecule has 1 aliphatic carbocycles. The number of benzene rings is 1. The molecule has 1 saturated heterocycles. The molecule has 2 aliphatic rings. The number of Topliss-reactive ketones (excluding diaryl/α,β-unsaturated/α-hetero) is 1. The molecule has 1 amide bonds. The van der Waals surface area contributed by atoms with E-state index in [1.54, 1.807) is 12.1 Å². The highest BCUT2D eigenvalue weighted by atomic mass is 19.1. The van der Waals surface area contributed by atoms with Crippen LogP contribution in [0.3, 0.4) is 0 Å². The van der Waals surface area contributed by atoms with Gasteiger partial charge in [0.1, 0.15) is 5.82 Å². The van der Waals surface area contributed by atoms with Crippen molar-refractivity contribution in [3.8, 4) is 0 Å². The number of nitrogens with zero attached hydrogens (tertiary/aromatic N) is 1. The summed E-state index contributed by atoms with van der Waals surface area (Å²) in [5, 5.41) is 2.95. The van der Waals surface area contributed by atoms with E-state index in [0.717, 1.165) is 64.6 Å². The summed E-state index contributed by atoms with van der Waals surface area (Å²) in [6, 6.07) is 6.04. The first-order valence-corrected chi connectivity index (χ1v) is 11.4. The molecule has 0 aromatic heterocycles. The second-order valence-corrected chi connectivity index (χ2v) is 8.84. The predicted molar refractivity (Wildman–Crippen MR) is 115 cm³/mol. The molecule has 0 unspecified atom stereocenters. The summed E-state index contributed by atoms with van der Waals surface area (Å²) in [4.78, 5) is 37.6. The molecule has 2 fully saturated rings. The minimum atomic E-state index is -0.442. The number of ether oxygens (including phenoxy) is 1. The smallest absolute Gasteiger partial charge is 0.303 e. The minimum Gasteiger partial charge on any atom is -0.456 e. The van der Waals surface area contributed by atoms with Crippen molar-refractivity contribution in [3.05, 3.63) is 35.6 Å². The number of amides is 1. The molecule has 0 atom stereocenters. The van der Waals surface area contributed by atoms with Gasteiger partial charge in [0.2, 0.25) is 0 Å². The summed E-state index contributed by atoms with van der Waals surface area (Å²) < 4.78 is 17.8. The number of carbonyl (C=O) groups excluding carboxylic acids is 3. The summed E-state index contributed by atoms with van der Waals surface area (Å²) in [6.07, 6.45) is 6.98. The Morgan fingerprint density at radius 1 is 1.03 bits per heavy atom. The van der Waals surface area contributed by atoms with E-state index in [4.69, 9.17) is 4.74 Å². The number of likely N-dealkylation sites (tertiary alicyclic amines) is 1. The normalized spacial score (nSPS) is 22.6. The Morgan fingerprint density at radius 3 is 2.29 bits per heavy atom. The van der Waals surface area contributed by atoms with Crippen molar-refractivity contribution < 1.29 is 23.5 Å². The van der Waals surface area contributed by atoms with E-state index in [2.05, 4.69) is 10.2 Å². The van der Waals surface area contributed by atoms with Gasteiger partial charge in [0.15, 0.2) is 12.4 Å². The molecule has 0 radical (unpaired) electrons. The van der Waals surface area contributed by atoms with E-state index in [9.17, 15) is 18.8 Å². The number of hydrogen-bond donors (Lipinski definition) is 1. The Balaban J connectivity index is 1.31. The predicted octanol–water partition coefficient (Wildman–Crippen LogP) is 3.35. The molecule has 1 aromatic rings. The lowest BCUT2D eigenvalue weighted by molar-refractivity contribution is -0.146. The first kappa shape index (κ1) is 23.4. The maximum atomic E-state index is 13.1. The van der Waals surface area contributed by atoms with Gasteiger partial charge in [-0.3, -0.25) is 14.4 Å². The van der Waals surface area contributed by atoms with Crippen LogP contribution in [0.5, 0.6) is 0 Å². The fourth-order valence-electron chi connectivity index (χ4n) is 4.67. The summed E-state index contributed by atoms with van der Waals surface area (Å²) in [6.45, 7) is 4.00. The third-order valence-electron chi connectivity index (χ3n) is 6.56. The highest BCUT2D eigenvalue weighted by molar-refractivity contribution is 5.97. The molecule has 6 nitrogen and oxygen atoms in total. The lowest BCUT2D eigenvalue weighted by atomic mass is 9.83. The van der Waals surface area contributed by atoms with Crippen LogP contribution < -0.4 is 5.32 Å². The quantitative estimate of drug-likeness (QED) is 0.504. The van der Waals surface area contributed by atoms with Gasteiger partial charge in [-0.15, -0.1) is 0 Å². The van der Waals surface area contributed by atoms with E-state index in [1.165, 1.54) is 19.1 Å². The van der Waals surface area contributed by atoms with E-state index in [1.807, 2.05) is 0 Å². The van der Waals surface area contributed by atoms with Gasteiger partial charge in [-0.2, -0.15) is 0 Å². The van der Waals surface area contributed by atoms with Crippen LogP contribution >= 0.6 is 0 Å². The number of esters is 1. The highest BCUT2D eigenvalue weighted by Gasteiger charge is 2.27. The van der Waals surface area contributed by atoms with Crippen molar-refractivity contribution in [2.45, 2.75) is 57.9 Å². The van der Waals surface area contributed by atoms with Crippen molar-refractivity contribution in [2.75, 3.05) is 26.2 Å². The zero-order valence-electron chi connectivity index (χ0n) is 18.3. The number of nitrogens with one attached hydrogen (secondary N) is 1. The van der Waals surface area contributed by atoms with Gasteiger partial charge >= 0.3 is 5.97 Å². The molecule has 1 heterocycles. The van der Waals surface area contributed by atoms with E-state index < -0.39 is 5.97 Å². The van der Waals surface area contributed by atoms with Crippen LogP contribution in [0.4, 0.5) is 4.39 Å². The van der Waals surface area contributed by atoms with Gasteiger partial charge in [-0.1, -0.05) is 0 Å². The lowest BCUT2D eigenvalue weighted by Crippen LogP contribution is -2.40. The second-order valence-electron chi connectivity index (χ2n) is 8.84. The number of piperidine rings is 1. The maximum Gasteiger partial charge on any atom is 0.303 e. The molecule has 31 heavy (non-hydrogen) atoms. The highest BCUT2D eigenvalue weighted by Crippen LogP contribution is 2.28. The molecule has 1 aromatic carbocycles. The molecule has 1 saturated carbocycles. The Morgan fingerprint density at radius 2 is 1.68 bits per heavy atom. The van der Waals surface area contributed by atoms with Gasteiger partial charge < -0.3 is 15.0 Å². The topological polar surface area (TPSA) is 75.7 Å².